The summed E-state index contributed by atoms with van der Waals surface area (Å²) in [6.07, 6.45) is 4.23. The number of nitrogens with zero attached hydrogens (tertiary/aromatic N) is 1. The van der Waals surface area contributed by atoms with Gasteiger partial charge in [0.1, 0.15) is 0 Å². The average Bonchev–Trinajstić information content (AvgIpc) is 2.60. The van der Waals surface area contributed by atoms with Crippen molar-refractivity contribution >= 4 is 15.9 Å². The van der Waals surface area contributed by atoms with Crippen LogP contribution < -0.4 is 0 Å². The van der Waals surface area contributed by atoms with Crippen LogP contribution in [0.15, 0.2) is 0 Å². The van der Waals surface area contributed by atoms with Crippen molar-refractivity contribution in [1.29, 1.82) is 0 Å². The molecule has 2 fully saturated rings. The molecule has 0 radical (unpaired) electrons. The van der Waals surface area contributed by atoms with E-state index in [0.717, 1.165) is 4.83 Å². The molecule has 2 rings (SSSR count). The minimum Gasteiger partial charge on any atom is -0.298 e. The van der Waals surface area contributed by atoms with Crippen molar-refractivity contribution in [3.8, 4) is 0 Å². The molecule has 0 aromatic rings. The lowest BCUT2D eigenvalue weighted by atomic mass is 9.90. The SMILES string of the molecule is CC(C)(C)N1CCC2(CC1)CC2Br. The molecule has 1 spiro atoms. The maximum atomic E-state index is 3.75. The maximum absolute atomic E-state index is 3.75. The highest BCUT2D eigenvalue weighted by Crippen LogP contribution is 2.58. The van der Waals surface area contributed by atoms with E-state index in [1.165, 1.54) is 32.4 Å². The van der Waals surface area contributed by atoms with Crippen molar-refractivity contribution in [2.24, 2.45) is 5.41 Å². The summed E-state index contributed by atoms with van der Waals surface area (Å²) in [4.78, 5) is 3.46. The number of alkyl halides is 1. The van der Waals surface area contributed by atoms with E-state index in [0.29, 0.717) is 11.0 Å². The smallest absolute Gasteiger partial charge is 0.0209 e. The zero-order valence-electron chi connectivity index (χ0n) is 8.94. The van der Waals surface area contributed by atoms with E-state index in [4.69, 9.17) is 0 Å². The predicted octanol–water partition coefficient (Wildman–Crippen LogP) is 3.03. The molecule has 76 valence electrons. The average molecular weight is 246 g/mol. The fraction of sp³-hybridized carbons (Fsp3) is 1.00. The Morgan fingerprint density at radius 2 is 1.69 bits per heavy atom. The lowest BCUT2D eigenvalue weighted by molar-refractivity contribution is 0.0815. The monoisotopic (exact) mass is 245 g/mol. The Labute approximate surface area is 90.0 Å². The van der Waals surface area contributed by atoms with Gasteiger partial charge < -0.3 is 0 Å². The van der Waals surface area contributed by atoms with Gasteiger partial charge in [0.05, 0.1) is 0 Å². The van der Waals surface area contributed by atoms with Gasteiger partial charge in [-0.2, -0.15) is 0 Å². The molecule has 0 aromatic heterocycles. The summed E-state index contributed by atoms with van der Waals surface area (Å²) in [6, 6.07) is 0. The molecule has 1 aliphatic carbocycles. The number of halogens is 1. The number of likely N-dealkylation sites (tertiary alicyclic amines) is 1. The van der Waals surface area contributed by atoms with Gasteiger partial charge >= 0.3 is 0 Å². The highest BCUT2D eigenvalue weighted by atomic mass is 79.9. The minimum absolute atomic E-state index is 0.373. The van der Waals surface area contributed by atoms with Crippen molar-refractivity contribution in [2.75, 3.05) is 13.1 Å². The van der Waals surface area contributed by atoms with Gasteiger partial charge in [0.25, 0.3) is 0 Å². The molecular formula is C11H20BrN. The van der Waals surface area contributed by atoms with Gasteiger partial charge in [-0.1, -0.05) is 15.9 Å². The zero-order valence-corrected chi connectivity index (χ0v) is 10.5. The molecule has 1 saturated heterocycles. The Kier molecular flexibility index (Phi) is 2.27. The van der Waals surface area contributed by atoms with Crippen LogP contribution in [0.5, 0.6) is 0 Å². The number of hydrogen-bond acceptors (Lipinski definition) is 1. The van der Waals surface area contributed by atoms with E-state index in [2.05, 4.69) is 41.6 Å². The molecular weight excluding hydrogens is 226 g/mol. The van der Waals surface area contributed by atoms with Crippen molar-refractivity contribution in [3.05, 3.63) is 0 Å². The highest BCUT2D eigenvalue weighted by molar-refractivity contribution is 9.09. The van der Waals surface area contributed by atoms with Gasteiger partial charge in [-0.05, 0) is 58.5 Å². The third kappa shape index (κ3) is 1.80. The molecule has 0 N–H and O–H groups in total. The first-order valence-corrected chi connectivity index (χ1v) is 6.25. The van der Waals surface area contributed by atoms with Crippen molar-refractivity contribution in [3.63, 3.8) is 0 Å². The Morgan fingerprint density at radius 3 is 2.00 bits per heavy atom. The van der Waals surface area contributed by atoms with Gasteiger partial charge in [0.15, 0.2) is 0 Å². The van der Waals surface area contributed by atoms with Crippen LogP contribution in [0, 0.1) is 5.41 Å². The van der Waals surface area contributed by atoms with Crippen molar-refractivity contribution in [1.82, 2.24) is 4.90 Å². The summed E-state index contributed by atoms with van der Waals surface area (Å²) in [7, 11) is 0. The maximum Gasteiger partial charge on any atom is 0.0209 e. The van der Waals surface area contributed by atoms with Crippen LogP contribution in [0.3, 0.4) is 0 Å². The fourth-order valence-electron chi connectivity index (χ4n) is 2.44. The number of piperidine rings is 1. The summed E-state index contributed by atoms with van der Waals surface area (Å²) < 4.78 is 0. The van der Waals surface area contributed by atoms with Crippen LogP contribution in [-0.2, 0) is 0 Å². The first-order valence-electron chi connectivity index (χ1n) is 5.33. The molecule has 2 heteroatoms. The fourth-order valence-corrected chi connectivity index (χ4v) is 3.54. The van der Waals surface area contributed by atoms with E-state index in [-0.39, 0.29) is 0 Å². The molecule has 1 aliphatic heterocycles. The second-order valence-corrected chi connectivity index (χ2v) is 6.80. The first-order chi connectivity index (χ1) is 5.94. The molecule has 0 bridgehead atoms. The summed E-state index contributed by atoms with van der Waals surface area (Å²) in [5.74, 6) is 0. The van der Waals surface area contributed by atoms with E-state index >= 15 is 0 Å². The minimum atomic E-state index is 0.373. The van der Waals surface area contributed by atoms with Gasteiger partial charge in [0.2, 0.25) is 0 Å². The first kappa shape index (κ1) is 9.97. The molecule has 0 aromatic carbocycles. The number of hydrogen-bond donors (Lipinski definition) is 0. The molecule has 1 atom stereocenters. The molecule has 1 unspecified atom stereocenters. The Balaban J connectivity index is 1.90. The van der Waals surface area contributed by atoms with Gasteiger partial charge in [-0.15, -0.1) is 0 Å². The van der Waals surface area contributed by atoms with Crippen LogP contribution in [0.4, 0.5) is 0 Å². The molecule has 1 nitrogen and oxygen atoms in total. The van der Waals surface area contributed by atoms with Crippen molar-refractivity contribution < 1.29 is 0 Å². The Hall–Kier alpha value is 0.440. The van der Waals surface area contributed by atoms with Gasteiger partial charge in [0, 0.05) is 10.4 Å². The predicted molar refractivity (Wildman–Crippen MR) is 60.3 cm³/mol. The van der Waals surface area contributed by atoms with E-state index < -0.39 is 0 Å². The molecule has 1 heterocycles. The van der Waals surface area contributed by atoms with Gasteiger partial charge in [-0.25, -0.2) is 0 Å². The summed E-state index contributed by atoms with van der Waals surface area (Å²) in [6.45, 7) is 9.56. The third-order valence-corrected chi connectivity index (χ3v) is 5.09. The third-order valence-electron chi connectivity index (χ3n) is 3.80. The van der Waals surface area contributed by atoms with E-state index in [1.807, 2.05) is 0 Å². The lowest BCUT2D eigenvalue weighted by Crippen LogP contribution is -2.46. The Morgan fingerprint density at radius 1 is 1.23 bits per heavy atom. The summed E-state index contributed by atoms with van der Waals surface area (Å²) >= 11 is 3.75. The standard InChI is InChI=1S/C11H20BrN/c1-10(2,3)13-6-4-11(5-7-13)8-9(11)12/h9H,4-8H2,1-3H3. The second-order valence-electron chi connectivity index (χ2n) is 5.69. The summed E-state index contributed by atoms with van der Waals surface area (Å²) in [5.41, 5.74) is 1.08. The highest BCUT2D eigenvalue weighted by Gasteiger charge is 2.53. The molecule has 0 amide bonds. The van der Waals surface area contributed by atoms with Crippen molar-refractivity contribution in [2.45, 2.75) is 50.4 Å². The molecule has 2 aliphatic rings. The van der Waals surface area contributed by atoms with Crippen LogP contribution in [0.25, 0.3) is 0 Å². The second kappa shape index (κ2) is 2.96. The quantitative estimate of drug-likeness (QED) is 0.594. The van der Waals surface area contributed by atoms with Crippen LogP contribution in [0.2, 0.25) is 0 Å². The van der Waals surface area contributed by atoms with E-state index in [9.17, 15) is 0 Å². The van der Waals surface area contributed by atoms with Gasteiger partial charge in [-0.3, -0.25) is 4.90 Å². The van der Waals surface area contributed by atoms with E-state index in [1.54, 1.807) is 0 Å². The zero-order chi connectivity index (χ0) is 9.69. The molecule has 1 saturated carbocycles. The Bertz CT molecular complexity index is 199. The topological polar surface area (TPSA) is 3.24 Å². The lowest BCUT2D eigenvalue weighted by Gasteiger charge is -2.41. The van der Waals surface area contributed by atoms with Crippen LogP contribution in [-0.4, -0.2) is 28.4 Å². The normalized spacial score (nSPS) is 33.7. The largest absolute Gasteiger partial charge is 0.298 e. The molecule has 13 heavy (non-hydrogen) atoms. The van der Waals surface area contributed by atoms with Crippen LogP contribution in [0.1, 0.15) is 40.0 Å². The van der Waals surface area contributed by atoms with Crippen LogP contribution >= 0.6 is 15.9 Å². The number of rotatable bonds is 0. The summed E-state index contributed by atoms with van der Waals surface area (Å²) in [5, 5.41) is 0.